The average molecular weight is 174 g/mol. The van der Waals surface area contributed by atoms with Crippen LogP contribution in [0.5, 0.6) is 0 Å². The second-order valence-electron chi connectivity index (χ2n) is 3.63. The molecule has 3 atom stereocenters. The summed E-state index contributed by atoms with van der Waals surface area (Å²) in [6.07, 6.45) is 0.880. The van der Waals surface area contributed by atoms with Crippen LogP contribution in [0, 0.1) is 11.8 Å². The van der Waals surface area contributed by atoms with Gasteiger partial charge in [-0.05, 0) is 18.8 Å². The Morgan fingerprint density at radius 1 is 1.50 bits per heavy atom. The predicted octanol–water partition coefficient (Wildman–Crippen LogP) is 1.50. The molecule has 72 valence electrons. The lowest BCUT2D eigenvalue weighted by Gasteiger charge is -2.30. The maximum atomic E-state index is 10.6. The Balaban J connectivity index is 4.44. The van der Waals surface area contributed by atoms with E-state index in [0.29, 0.717) is 0 Å². The minimum Gasteiger partial charge on any atom is -0.479 e. The maximum Gasteiger partial charge on any atom is 0.335 e. The quantitative estimate of drug-likeness (QED) is 0.679. The van der Waals surface area contributed by atoms with E-state index in [1.54, 1.807) is 6.92 Å². The molecule has 3 heteroatoms. The van der Waals surface area contributed by atoms with Gasteiger partial charge in [0.05, 0.1) is 0 Å². The summed E-state index contributed by atoms with van der Waals surface area (Å²) in [7, 11) is 0. The third kappa shape index (κ3) is 2.21. The van der Waals surface area contributed by atoms with Crippen LogP contribution in [0.2, 0.25) is 0 Å². The second-order valence-corrected chi connectivity index (χ2v) is 3.63. The highest BCUT2D eigenvalue weighted by molar-refractivity contribution is 5.76. The summed E-state index contributed by atoms with van der Waals surface area (Å²) in [6, 6.07) is 0. The Morgan fingerprint density at radius 2 is 1.92 bits per heavy atom. The number of hydrogen-bond acceptors (Lipinski definition) is 2. The zero-order valence-electron chi connectivity index (χ0n) is 8.16. The molecule has 0 spiro atoms. The fourth-order valence-electron chi connectivity index (χ4n) is 1.10. The van der Waals surface area contributed by atoms with E-state index in [1.807, 2.05) is 13.8 Å². The van der Waals surface area contributed by atoms with Crippen molar-refractivity contribution in [3.8, 4) is 0 Å². The van der Waals surface area contributed by atoms with Gasteiger partial charge in [0.1, 0.15) is 0 Å². The van der Waals surface area contributed by atoms with Gasteiger partial charge in [-0.15, -0.1) is 0 Å². The van der Waals surface area contributed by atoms with E-state index in [1.165, 1.54) is 6.92 Å². The molecule has 3 unspecified atom stereocenters. The van der Waals surface area contributed by atoms with Gasteiger partial charge in [0.25, 0.3) is 0 Å². The normalized spacial score (nSPS) is 21.1. The molecule has 0 aromatic heterocycles. The van der Waals surface area contributed by atoms with Crippen molar-refractivity contribution in [2.75, 3.05) is 0 Å². The molecule has 0 aliphatic heterocycles. The third-order valence-electron chi connectivity index (χ3n) is 2.82. The molecule has 0 heterocycles. The van der Waals surface area contributed by atoms with Crippen LogP contribution in [-0.2, 0) is 4.79 Å². The summed E-state index contributed by atoms with van der Waals surface area (Å²) < 4.78 is 0. The van der Waals surface area contributed by atoms with Crippen LogP contribution in [0.3, 0.4) is 0 Å². The van der Waals surface area contributed by atoms with Gasteiger partial charge in [-0.1, -0.05) is 27.2 Å². The van der Waals surface area contributed by atoms with Crippen LogP contribution in [0.1, 0.15) is 34.1 Å². The lowest BCUT2D eigenvalue weighted by molar-refractivity contribution is -0.163. The van der Waals surface area contributed by atoms with Crippen molar-refractivity contribution in [2.45, 2.75) is 39.7 Å². The number of carboxylic acid groups (broad SMARTS) is 1. The predicted molar refractivity (Wildman–Crippen MR) is 46.9 cm³/mol. The summed E-state index contributed by atoms with van der Waals surface area (Å²) in [5, 5.41) is 18.3. The van der Waals surface area contributed by atoms with Crippen LogP contribution in [-0.4, -0.2) is 21.8 Å². The van der Waals surface area contributed by atoms with Crippen LogP contribution < -0.4 is 0 Å². The van der Waals surface area contributed by atoms with Gasteiger partial charge >= 0.3 is 5.97 Å². The van der Waals surface area contributed by atoms with Crippen molar-refractivity contribution in [1.29, 1.82) is 0 Å². The van der Waals surface area contributed by atoms with Crippen molar-refractivity contribution in [3.63, 3.8) is 0 Å². The molecule has 0 aliphatic carbocycles. The van der Waals surface area contributed by atoms with Crippen molar-refractivity contribution < 1.29 is 15.0 Å². The molecule has 2 N–H and O–H groups in total. The lowest BCUT2D eigenvalue weighted by atomic mass is 9.80. The van der Waals surface area contributed by atoms with Gasteiger partial charge < -0.3 is 10.2 Å². The van der Waals surface area contributed by atoms with E-state index < -0.39 is 11.6 Å². The topological polar surface area (TPSA) is 57.5 Å². The van der Waals surface area contributed by atoms with Crippen molar-refractivity contribution in [2.24, 2.45) is 11.8 Å². The average Bonchev–Trinajstić information content (AvgIpc) is 2.01. The van der Waals surface area contributed by atoms with Crippen LogP contribution >= 0.6 is 0 Å². The summed E-state index contributed by atoms with van der Waals surface area (Å²) >= 11 is 0. The molecule has 0 aromatic rings. The molecule has 0 aliphatic rings. The van der Waals surface area contributed by atoms with Crippen molar-refractivity contribution in [3.05, 3.63) is 0 Å². The summed E-state index contributed by atoms with van der Waals surface area (Å²) in [5.41, 5.74) is -1.60. The number of aliphatic carboxylic acids is 1. The van der Waals surface area contributed by atoms with E-state index in [9.17, 15) is 9.90 Å². The van der Waals surface area contributed by atoms with E-state index in [4.69, 9.17) is 5.11 Å². The first-order valence-corrected chi connectivity index (χ1v) is 4.29. The van der Waals surface area contributed by atoms with Gasteiger partial charge in [-0.2, -0.15) is 0 Å². The minimum atomic E-state index is -1.60. The largest absolute Gasteiger partial charge is 0.479 e. The molecule has 0 radical (unpaired) electrons. The highest BCUT2D eigenvalue weighted by Crippen LogP contribution is 2.26. The SMILES string of the molecule is CCC(C)C(C)C(C)(O)C(=O)O. The lowest BCUT2D eigenvalue weighted by Crippen LogP contribution is -2.44. The monoisotopic (exact) mass is 174 g/mol. The first-order chi connectivity index (χ1) is 5.34. The fraction of sp³-hybridized carbons (Fsp3) is 0.889. The van der Waals surface area contributed by atoms with Gasteiger partial charge in [-0.3, -0.25) is 0 Å². The van der Waals surface area contributed by atoms with E-state index in [2.05, 4.69) is 0 Å². The molecule has 0 rings (SSSR count). The Labute approximate surface area is 73.4 Å². The van der Waals surface area contributed by atoms with Crippen LogP contribution in [0.4, 0.5) is 0 Å². The van der Waals surface area contributed by atoms with E-state index >= 15 is 0 Å². The van der Waals surface area contributed by atoms with Crippen molar-refractivity contribution >= 4 is 5.97 Å². The number of rotatable bonds is 4. The van der Waals surface area contributed by atoms with Crippen LogP contribution in [0.25, 0.3) is 0 Å². The molecule has 12 heavy (non-hydrogen) atoms. The fourth-order valence-corrected chi connectivity index (χ4v) is 1.10. The highest BCUT2D eigenvalue weighted by atomic mass is 16.4. The Hall–Kier alpha value is -0.570. The standard InChI is InChI=1S/C9H18O3/c1-5-6(2)7(3)9(4,12)8(10)11/h6-7,12H,5H2,1-4H3,(H,10,11). The molecule has 0 amide bonds. The number of carboxylic acids is 1. The molecule has 0 fully saturated rings. The molecule has 0 saturated carbocycles. The van der Waals surface area contributed by atoms with E-state index in [-0.39, 0.29) is 11.8 Å². The number of hydrogen-bond donors (Lipinski definition) is 2. The first kappa shape index (κ1) is 11.4. The maximum absolute atomic E-state index is 10.6. The summed E-state index contributed by atoms with van der Waals surface area (Å²) in [5.74, 6) is -1.15. The molecular formula is C9H18O3. The van der Waals surface area contributed by atoms with Crippen LogP contribution in [0.15, 0.2) is 0 Å². The minimum absolute atomic E-state index is 0.219. The summed E-state index contributed by atoms with van der Waals surface area (Å²) in [6.45, 7) is 7.05. The van der Waals surface area contributed by atoms with Gasteiger partial charge in [0.2, 0.25) is 0 Å². The van der Waals surface area contributed by atoms with Gasteiger partial charge in [-0.25, -0.2) is 4.79 Å². The molecule has 0 bridgehead atoms. The Kier molecular flexibility index (Phi) is 3.71. The smallest absolute Gasteiger partial charge is 0.335 e. The Bertz CT molecular complexity index is 163. The highest BCUT2D eigenvalue weighted by Gasteiger charge is 2.38. The van der Waals surface area contributed by atoms with Gasteiger partial charge in [0, 0.05) is 0 Å². The number of aliphatic hydroxyl groups is 1. The molecular weight excluding hydrogens is 156 g/mol. The zero-order chi connectivity index (χ0) is 9.94. The summed E-state index contributed by atoms with van der Waals surface area (Å²) in [4.78, 5) is 10.6. The number of carbonyl (C=O) groups is 1. The first-order valence-electron chi connectivity index (χ1n) is 4.29. The molecule has 3 nitrogen and oxygen atoms in total. The Morgan fingerprint density at radius 3 is 2.17 bits per heavy atom. The van der Waals surface area contributed by atoms with Gasteiger partial charge in [0.15, 0.2) is 5.60 Å². The van der Waals surface area contributed by atoms with E-state index in [0.717, 1.165) is 6.42 Å². The second kappa shape index (κ2) is 3.90. The third-order valence-corrected chi connectivity index (χ3v) is 2.82. The van der Waals surface area contributed by atoms with Crippen molar-refractivity contribution in [1.82, 2.24) is 0 Å². The zero-order valence-corrected chi connectivity index (χ0v) is 8.16. The molecule has 0 saturated heterocycles. The molecule has 0 aromatic carbocycles.